The number of aliphatic hydroxyl groups is 1. The van der Waals surface area contributed by atoms with E-state index in [1.54, 1.807) is 6.08 Å². The summed E-state index contributed by atoms with van der Waals surface area (Å²) < 4.78 is 5.69. The molecule has 0 radical (unpaired) electrons. The number of hydrogen-bond acceptors (Lipinski definition) is 3. The molecular weight excluding hydrogens is 262 g/mol. The molecule has 1 rings (SSSR count). The van der Waals surface area contributed by atoms with Crippen molar-refractivity contribution >= 4 is 6.08 Å². The van der Waals surface area contributed by atoms with Gasteiger partial charge in [-0.15, -0.1) is 0 Å². The van der Waals surface area contributed by atoms with Crippen LogP contribution < -0.4 is 5.32 Å². The van der Waals surface area contributed by atoms with Gasteiger partial charge in [0.1, 0.15) is 12.2 Å². The SMILES string of the molecule is C=Cc1ccccc1[C@H](O)[C@H](C)OC(=C)NC(C)CCC. The summed E-state index contributed by atoms with van der Waals surface area (Å²) in [6.45, 7) is 13.7. The minimum Gasteiger partial charge on any atom is -0.474 e. The maximum absolute atomic E-state index is 10.4. The molecule has 0 spiro atoms. The van der Waals surface area contributed by atoms with Gasteiger partial charge >= 0.3 is 0 Å². The van der Waals surface area contributed by atoms with E-state index in [1.165, 1.54) is 0 Å². The minimum atomic E-state index is -0.723. The van der Waals surface area contributed by atoms with Crippen LogP contribution in [0, 0.1) is 0 Å². The van der Waals surface area contributed by atoms with E-state index in [1.807, 2.05) is 31.2 Å². The summed E-state index contributed by atoms with van der Waals surface area (Å²) in [4.78, 5) is 0. The molecule has 0 amide bonds. The molecule has 21 heavy (non-hydrogen) atoms. The van der Waals surface area contributed by atoms with Gasteiger partial charge in [-0.2, -0.15) is 0 Å². The van der Waals surface area contributed by atoms with Crippen molar-refractivity contribution in [2.75, 3.05) is 0 Å². The highest BCUT2D eigenvalue weighted by molar-refractivity contribution is 5.52. The Bertz CT molecular complexity index is 470. The lowest BCUT2D eigenvalue weighted by Crippen LogP contribution is -2.29. The Hall–Kier alpha value is -1.74. The van der Waals surface area contributed by atoms with Crippen molar-refractivity contribution in [3.63, 3.8) is 0 Å². The summed E-state index contributed by atoms with van der Waals surface area (Å²) in [7, 11) is 0. The molecule has 3 atom stereocenters. The van der Waals surface area contributed by atoms with Gasteiger partial charge in [0.2, 0.25) is 0 Å². The first kappa shape index (κ1) is 17.3. The van der Waals surface area contributed by atoms with Gasteiger partial charge in [0.05, 0.1) is 0 Å². The molecular formula is C18H27NO2. The standard InChI is InChI=1S/C18H27NO2/c1-6-10-13(3)19-15(5)21-14(4)18(20)17-12-9-8-11-16(17)7-2/h7-9,11-14,18-20H,2,5-6,10H2,1,3-4H3/t13?,14-,18+/m0/s1. The second kappa shape index (κ2) is 8.53. The summed E-state index contributed by atoms with van der Waals surface area (Å²) in [6.07, 6.45) is 2.78. The second-order valence-electron chi connectivity index (χ2n) is 5.36. The zero-order chi connectivity index (χ0) is 15.8. The van der Waals surface area contributed by atoms with E-state index in [9.17, 15) is 5.11 Å². The Labute approximate surface area is 128 Å². The van der Waals surface area contributed by atoms with Gasteiger partial charge in [0.15, 0.2) is 5.88 Å². The molecule has 0 fully saturated rings. The fourth-order valence-corrected chi connectivity index (χ4v) is 2.32. The highest BCUT2D eigenvalue weighted by atomic mass is 16.5. The van der Waals surface area contributed by atoms with Crippen molar-refractivity contribution in [3.05, 3.63) is 54.4 Å². The Morgan fingerprint density at radius 3 is 2.67 bits per heavy atom. The van der Waals surface area contributed by atoms with Crippen molar-refractivity contribution in [3.8, 4) is 0 Å². The van der Waals surface area contributed by atoms with E-state index in [4.69, 9.17) is 4.74 Å². The largest absolute Gasteiger partial charge is 0.474 e. The molecule has 1 unspecified atom stereocenters. The van der Waals surface area contributed by atoms with Gasteiger partial charge in [-0.3, -0.25) is 0 Å². The summed E-state index contributed by atoms with van der Waals surface area (Å²) in [5.41, 5.74) is 1.73. The fourth-order valence-electron chi connectivity index (χ4n) is 2.32. The molecule has 1 aromatic rings. The number of benzene rings is 1. The highest BCUT2D eigenvalue weighted by Gasteiger charge is 2.20. The first-order chi connectivity index (χ1) is 9.99. The van der Waals surface area contributed by atoms with E-state index in [2.05, 4.69) is 32.3 Å². The normalized spacial score (nSPS) is 14.9. The monoisotopic (exact) mass is 289 g/mol. The Kier molecular flexibility index (Phi) is 7.03. The molecule has 0 aliphatic rings. The maximum atomic E-state index is 10.4. The molecule has 3 heteroatoms. The van der Waals surface area contributed by atoms with Gasteiger partial charge in [0, 0.05) is 6.04 Å². The van der Waals surface area contributed by atoms with Crippen LogP contribution in [0.2, 0.25) is 0 Å². The molecule has 0 heterocycles. The third kappa shape index (κ3) is 5.27. The van der Waals surface area contributed by atoms with Crippen LogP contribution in [0.25, 0.3) is 6.08 Å². The van der Waals surface area contributed by atoms with Crippen LogP contribution in [0.4, 0.5) is 0 Å². The van der Waals surface area contributed by atoms with Crippen molar-refractivity contribution < 1.29 is 9.84 Å². The first-order valence-electron chi connectivity index (χ1n) is 7.51. The molecule has 0 aromatic heterocycles. The van der Waals surface area contributed by atoms with Crippen molar-refractivity contribution in [2.45, 2.75) is 51.9 Å². The number of nitrogens with one attached hydrogen (secondary N) is 1. The lowest BCUT2D eigenvalue weighted by Gasteiger charge is -2.25. The van der Waals surface area contributed by atoms with Crippen LogP contribution in [0.15, 0.2) is 43.3 Å². The predicted octanol–water partition coefficient (Wildman–Crippen LogP) is 4.02. The molecule has 0 saturated heterocycles. The summed E-state index contributed by atoms with van der Waals surface area (Å²) in [5.74, 6) is 0.499. The molecule has 2 N–H and O–H groups in total. The molecule has 1 aromatic carbocycles. The maximum Gasteiger partial charge on any atom is 0.179 e. The molecule has 0 bridgehead atoms. The topological polar surface area (TPSA) is 41.5 Å². The van der Waals surface area contributed by atoms with Crippen LogP contribution in [-0.4, -0.2) is 17.3 Å². The Morgan fingerprint density at radius 2 is 2.05 bits per heavy atom. The number of rotatable bonds is 9. The van der Waals surface area contributed by atoms with Crippen LogP contribution in [0.5, 0.6) is 0 Å². The molecule has 0 aliphatic heterocycles. The zero-order valence-electron chi connectivity index (χ0n) is 13.3. The Morgan fingerprint density at radius 1 is 1.38 bits per heavy atom. The smallest absolute Gasteiger partial charge is 0.179 e. The summed E-state index contributed by atoms with van der Waals surface area (Å²) >= 11 is 0. The van der Waals surface area contributed by atoms with Crippen LogP contribution in [-0.2, 0) is 4.74 Å². The number of aliphatic hydroxyl groups excluding tert-OH is 1. The zero-order valence-corrected chi connectivity index (χ0v) is 13.3. The fraction of sp³-hybridized carbons (Fsp3) is 0.444. The summed E-state index contributed by atoms with van der Waals surface area (Å²) in [5, 5.41) is 13.6. The van der Waals surface area contributed by atoms with Gasteiger partial charge in [-0.1, -0.05) is 50.3 Å². The molecule has 116 valence electrons. The lowest BCUT2D eigenvalue weighted by molar-refractivity contribution is -0.00123. The van der Waals surface area contributed by atoms with Gasteiger partial charge < -0.3 is 15.2 Å². The van der Waals surface area contributed by atoms with Gasteiger partial charge in [-0.25, -0.2) is 0 Å². The first-order valence-corrected chi connectivity index (χ1v) is 7.51. The highest BCUT2D eigenvalue weighted by Crippen LogP contribution is 2.24. The third-order valence-electron chi connectivity index (χ3n) is 3.44. The average molecular weight is 289 g/mol. The van der Waals surface area contributed by atoms with E-state index in [0.717, 1.165) is 24.0 Å². The van der Waals surface area contributed by atoms with Crippen molar-refractivity contribution in [2.24, 2.45) is 0 Å². The molecule has 0 saturated carbocycles. The van der Waals surface area contributed by atoms with Gasteiger partial charge in [-0.05, 0) is 38.0 Å². The van der Waals surface area contributed by atoms with E-state index in [-0.39, 0.29) is 6.10 Å². The average Bonchev–Trinajstić information content (AvgIpc) is 2.46. The number of hydrogen-bond donors (Lipinski definition) is 2. The predicted molar refractivity (Wildman–Crippen MR) is 88.7 cm³/mol. The molecule has 0 aliphatic carbocycles. The number of ether oxygens (including phenoxy) is 1. The van der Waals surface area contributed by atoms with Crippen LogP contribution in [0.1, 0.15) is 50.8 Å². The van der Waals surface area contributed by atoms with E-state index >= 15 is 0 Å². The minimum absolute atomic E-state index is 0.312. The second-order valence-corrected chi connectivity index (χ2v) is 5.36. The third-order valence-corrected chi connectivity index (χ3v) is 3.44. The van der Waals surface area contributed by atoms with Crippen molar-refractivity contribution in [1.82, 2.24) is 5.32 Å². The summed E-state index contributed by atoms with van der Waals surface area (Å²) in [6, 6.07) is 7.94. The van der Waals surface area contributed by atoms with Crippen LogP contribution >= 0.6 is 0 Å². The quantitative estimate of drug-likeness (QED) is 0.675. The van der Waals surface area contributed by atoms with Gasteiger partial charge in [0.25, 0.3) is 0 Å². The molecule has 3 nitrogen and oxygen atoms in total. The lowest BCUT2D eigenvalue weighted by atomic mass is 9.99. The van der Waals surface area contributed by atoms with Crippen molar-refractivity contribution in [1.29, 1.82) is 0 Å². The Balaban J connectivity index is 2.64. The van der Waals surface area contributed by atoms with Crippen LogP contribution in [0.3, 0.4) is 0 Å². The van der Waals surface area contributed by atoms with E-state index in [0.29, 0.717) is 11.9 Å². The van der Waals surface area contributed by atoms with E-state index < -0.39 is 6.10 Å².